The molecule has 0 spiro atoms. The van der Waals surface area contributed by atoms with Crippen LogP contribution >= 0.6 is 0 Å². The van der Waals surface area contributed by atoms with E-state index in [1.54, 1.807) is 10.6 Å². The van der Waals surface area contributed by atoms with E-state index in [9.17, 15) is 4.79 Å². The Morgan fingerprint density at radius 2 is 2.00 bits per heavy atom. The second-order valence-electron chi connectivity index (χ2n) is 5.65. The minimum Gasteiger partial charge on any atom is -0.493 e. The van der Waals surface area contributed by atoms with Crippen molar-refractivity contribution in [3.63, 3.8) is 0 Å². The Balaban J connectivity index is 0.00000176. The number of hydrogen-bond acceptors (Lipinski definition) is 4. The molecule has 27 heavy (non-hydrogen) atoms. The lowest BCUT2D eigenvalue weighted by atomic mass is 10.2. The summed E-state index contributed by atoms with van der Waals surface area (Å²) in [6.07, 6.45) is 8.09. The Morgan fingerprint density at radius 3 is 2.56 bits per heavy atom. The molecule has 2 heterocycles. The zero-order valence-electron chi connectivity index (χ0n) is 17.4. The Bertz CT molecular complexity index is 872. The van der Waals surface area contributed by atoms with Crippen molar-refractivity contribution in [1.82, 2.24) is 19.6 Å². The molecule has 0 bridgehead atoms. The van der Waals surface area contributed by atoms with E-state index in [1.165, 1.54) is 0 Å². The summed E-state index contributed by atoms with van der Waals surface area (Å²) in [6, 6.07) is 0. The van der Waals surface area contributed by atoms with Gasteiger partial charge in [0, 0.05) is 6.42 Å². The quantitative estimate of drug-likeness (QED) is 0.543. The largest absolute Gasteiger partial charge is 0.493 e. The number of nitrogens with zero attached hydrogens (tertiary/aromatic N) is 3. The van der Waals surface area contributed by atoms with Gasteiger partial charge in [-0.2, -0.15) is 0 Å². The van der Waals surface area contributed by atoms with Gasteiger partial charge in [-0.15, -0.1) is 5.10 Å². The molecule has 2 aromatic heterocycles. The Hall–Kier alpha value is -2.63. The molecular weight excluding hydrogens is 340 g/mol. The number of H-pyrrole nitrogens is 1. The maximum Gasteiger partial charge on any atom is 0.277 e. The van der Waals surface area contributed by atoms with Crippen LogP contribution in [0.15, 0.2) is 35.4 Å². The van der Waals surface area contributed by atoms with Crippen LogP contribution in [0.2, 0.25) is 0 Å². The fourth-order valence-electron chi connectivity index (χ4n) is 2.65. The van der Waals surface area contributed by atoms with Crippen molar-refractivity contribution in [2.75, 3.05) is 6.61 Å². The molecule has 0 saturated carbocycles. The SMILES string of the molecule is C=C/C(=C(\C=C/CC)OCC)c1nn2c(CCC)nc(C)c2c(=O)[nH]1.CC. The van der Waals surface area contributed by atoms with E-state index in [2.05, 4.69) is 28.6 Å². The minimum atomic E-state index is -0.216. The molecule has 0 atom stereocenters. The molecule has 0 aliphatic carbocycles. The van der Waals surface area contributed by atoms with Gasteiger partial charge in [0.2, 0.25) is 0 Å². The van der Waals surface area contributed by atoms with Gasteiger partial charge < -0.3 is 9.72 Å². The van der Waals surface area contributed by atoms with Crippen molar-refractivity contribution in [3.05, 3.63) is 58.3 Å². The van der Waals surface area contributed by atoms with Gasteiger partial charge in [0.25, 0.3) is 5.56 Å². The molecule has 0 radical (unpaired) electrons. The molecule has 0 amide bonds. The Kier molecular flexibility index (Phi) is 9.26. The normalized spacial score (nSPS) is 11.9. The van der Waals surface area contributed by atoms with Crippen molar-refractivity contribution in [3.8, 4) is 0 Å². The van der Waals surface area contributed by atoms with E-state index in [0.717, 1.165) is 25.1 Å². The fraction of sp³-hybridized carbons (Fsp3) is 0.476. The first kappa shape index (κ1) is 22.4. The molecule has 0 aliphatic heterocycles. The standard InChI is InChI=1S/C19H26N4O2.C2H6/c1-6-10-12-15(25-9-4)14(8-3)18-21-19(24)17-13(5)20-16(11-7-2)23(17)22-18;1-2/h8,10,12H,3,6-7,9,11H2,1-2,4-5H3,(H,21,22,24);1-2H3/b12-10-,15-14-;. The number of aromatic amines is 1. The molecule has 148 valence electrons. The number of aromatic nitrogens is 4. The first-order chi connectivity index (χ1) is 13.1. The van der Waals surface area contributed by atoms with Crippen LogP contribution in [0.3, 0.4) is 0 Å². The van der Waals surface area contributed by atoms with Crippen molar-refractivity contribution in [2.45, 2.75) is 60.8 Å². The van der Waals surface area contributed by atoms with E-state index in [0.29, 0.717) is 35.0 Å². The summed E-state index contributed by atoms with van der Waals surface area (Å²) in [4.78, 5) is 19.9. The number of imidazole rings is 1. The van der Waals surface area contributed by atoms with Crippen molar-refractivity contribution < 1.29 is 4.74 Å². The molecule has 0 aromatic carbocycles. The smallest absolute Gasteiger partial charge is 0.277 e. The molecule has 0 aliphatic rings. The van der Waals surface area contributed by atoms with E-state index in [-0.39, 0.29) is 5.56 Å². The van der Waals surface area contributed by atoms with Crippen molar-refractivity contribution >= 4 is 11.1 Å². The molecule has 2 aromatic rings. The predicted octanol–water partition coefficient (Wildman–Crippen LogP) is 4.60. The minimum absolute atomic E-state index is 0.216. The number of rotatable bonds is 8. The lowest BCUT2D eigenvalue weighted by Gasteiger charge is -2.10. The highest BCUT2D eigenvalue weighted by molar-refractivity contribution is 5.73. The number of nitrogens with one attached hydrogen (secondary N) is 1. The highest BCUT2D eigenvalue weighted by atomic mass is 16.5. The monoisotopic (exact) mass is 372 g/mol. The number of aryl methyl sites for hydroxylation is 2. The zero-order chi connectivity index (χ0) is 20.4. The second-order valence-corrected chi connectivity index (χ2v) is 5.65. The summed E-state index contributed by atoms with van der Waals surface area (Å²) in [5, 5.41) is 4.61. The van der Waals surface area contributed by atoms with Gasteiger partial charge in [-0.05, 0) is 32.8 Å². The average Bonchev–Trinajstić information content (AvgIpc) is 2.98. The summed E-state index contributed by atoms with van der Waals surface area (Å²) in [5.41, 5.74) is 1.60. The predicted molar refractivity (Wildman–Crippen MR) is 112 cm³/mol. The number of allylic oxidation sites excluding steroid dienone is 4. The van der Waals surface area contributed by atoms with Crippen LogP contribution in [-0.2, 0) is 11.2 Å². The first-order valence-corrected chi connectivity index (χ1v) is 9.72. The second kappa shape index (κ2) is 11.2. The lowest BCUT2D eigenvalue weighted by molar-refractivity contribution is 0.244. The average molecular weight is 373 g/mol. The van der Waals surface area contributed by atoms with Crippen LogP contribution in [0.4, 0.5) is 0 Å². The molecular formula is C21H32N4O2. The number of fused-ring (bicyclic) bond motifs is 1. The van der Waals surface area contributed by atoms with Crippen LogP contribution in [0.1, 0.15) is 64.8 Å². The third kappa shape index (κ3) is 5.18. The van der Waals surface area contributed by atoms with Crippen molar-refractivity contribution in [2.24, 2.45) is 0 Å². The molecule has 0 fully saturated rings. The third-order valence-corrected chi connectivity index (χ3v) is 3.75. The highest BCUT2D eigenvalue weighted by Crippen LogP contribution is 2.19. The lowest BCUT2D eigenvalue weighted by Crippen LogP contribution is -2.17. The van der Waals surface area contributed by atoms with Gasteiger partial charge in [0.1, 0.15) is 11.6 Å². The summed E-state index contributed by atoms with van der Waals surface area (Å²) in [6.45, 7) is 16.2. The highest BCUT2D eigenvalue weighted by Gasteiger charge is 2.16. The summed E-state index contributed by atoms with van der Waals surface area (Å²) >= 11 is 0. The third-order valence-electron chi connectivity index (χ3n) is 3.75. The van der Waals surface area contributed by atoms with Gasteiger partial charge in [0.05, 0.1) is 17.9 Å². The Labute approximate surface area is 161 Å². The molecule has 6 nitrogen and oxygen atoms in total. The maximum atomic E-state index is 12.6. The van der Waals surface area contributed by atoms with Gasteiger partial charge in [-0.3, -0.25) is 4.79 Å². The van der Waals surface area contributed by atoms with E-state index >= 15 is 0 Å². The van der Waals surface area contributed by atoms with Gasteiger partial charge in [-0.25, -0.2) is 9.50 Å². The zero-order valence-corrected chi connectivity index (χ0v) is 17.4. The van der Waals surface area contributed by atoms with Gasteiger partial charge in [-0.1, -0.05) is 46.4 Å². The first-order valence-electron chi connectivity index (χ1n) is 9.72. The Morgan fingerprint density at radius 1 is 1.30 bits per heavy atom. The number of hydrogen-bond donors (Lipinski definition) is 1. The van der Waals surface area contributed by atoms with Crippen LogP contribution in [0.25, 0.3) is 11.1 Å². The number of ether oxygens (including phenoxy) is 1. The van der Waals surface area contributed by atoms with Crippen LogP contribution in [-0.4, -0.2) is 26.2 Å². The molecule has 0 saturated heterocycles. The van der Waals surface area contributed by atoms with Crippen LogP contribution < -0.4 is 5.56 Å². The van der Waals surface area contributed by atoms with Gasteiger partial charge in [0.15, 0.2) is 11.3 Å². The topological polar surface area (TPSA) is 72.3 Å². The summed E-state index contributed by atoms with van der Waals surface area (Å²) in [7, 11) is 0. The van der Waals surface area contributed by atoms with Crippen molar-refractivity contribution in [1.29, 1.82) is 0 Å². The molecule has 1 N–H and O–H groups in total. The van der Waals surface area contributed by atoms with Crippen LogP contribution in [0, 0.1) is 6.92 Å². The van der Waals surface area contributed by atoms with E-state index < -0.39 is 0 Å². The van der Waals surface area contributed by atoms with E-state index in [1.807, 2.05) is 46.8 Å². The van der Waals surface area contributed by atoms with Crippen LogP contribution in [0.5, 0.6) is 0 Å². The summed E-state index contributed by atoms with van der Waals surface area (Å²) < 4.78 is 7.36. The summed E-state index contributed by atoms with van der Waals surface area (Å²) in [5.74, 6) is 1.84. The van der Waals surface area contributed by atoms with E-state index in [4.69, 9.17) is 4.74 Å². The maximum absolute atomic E-state index is 12.6. The molecule has 6 heteroatoms. The fourth-order valence-corrected chi connectivity index (χ4v) is 2.65. The van der Waals surface area contributed by atoms with Gasteiger partial charge >= 0.3 is 0 Å². The molecule has 0 unspecified atom stereocenters. The molecule has 2 rings (SSSR count).